The maximum atomic E-state index is 12.8. The highest BCUT2D eigenvalue weighted by Crippen LogP contribution is 2.26. The second-order valence-electron chi connectivity index (χ2n) is 6.03. The van der Waals surface area contributed by atoms with Crippen molar-refractivity contribution in [1.29, 1.82) is 0 Å². The van der Waals surface area contributed by atoms with Crippen molar-refractivity contribution in [2.75, 3.05) is 4.72 Å². The minimum Gasteiger partial charge on any atom is -0.280 e. The Balaban J connectivity index is 1.86. The number of halogens is 2. The lowest BCUT2D eigenvalue weighted by Gasteiger charge is -2.13. The zero-order chi connectivity index (χ0) is 18.9. The normalized spacial score (nSPS) is 11.5. The number of rotatable bonds is 5. The highest BCUT2D eigenvalue weighted by atomic mass is 79.9. The van der Waals surface area contributed by atoms with Gasteiger partial charge in [-0.1, -0.05) is 23.7 Å². The van der Waals surface area contributed by atoms with E-state index in [9.17, 15) is 8.42 Å². The first-order valence-electron chi connectivity index (χ1n) is 7.81. The van der Waals surface area contributed by atoms with E-state index in [0.29, 0.717) is 22.8 Å². The minimum absolute atomic E-state index is 0.223. The quantitative estimate of drug-likeness (QED) is 0.604. The van der Waals surface area contributed by atoms with Gasteiger partial charge in [-0.2, -0.15) is 5.10 Å². The second kappa shape index (κ2) is 7.42. The van der Waals surface area contributed by atoms with Crippen LogP contribution < -0.4 is 4.72 Å². The van der Waals surface area contributed by atoms with E-state index >= 15 is 0 Å². The van der Waals surface area contributed by atoms with Crippen LogP contribution in [-0.4, -0.2) is 18.2 Å². The van der Waals surface area contributed by atoms with Crippen molar-refractivity contribution in [1.82, 2.24) is 9.78 Å². The molecule has 0 spiro atoms. The second-order valence-corrected chi connectivity index (χ2v) is 9.00. The van der Waals surface area contributed by atoms with Gasteiger partial charge in [0, 0.05) is 16.9 Å². The van der Waals surface area contributed by atoms with Gasteiger partial charge >= 0.3 is 0 Å². The van der Waals surface area contributed by atoms with Crippen LogP contribution >= 0.6 is 27.5 Å². The van der Waals surface area contributed by atoms with Gasteiger partial charge in [-0.25, -0.2) is 8.42 Å². The van der Waals surface area contributed by atoms with Crippen LogP contribution in [0.25, 0.3) is 0 Å². The molecular formula is C18H17BrClN3O2S. The lowest BCUT2D eigenvalue weighted by Crippen LogP contribution is -2.15. The molecule has 0 atom stereocenters. The highest BCUT2D eigenvalue weighted by Gasteiger charge is 2.18. The van der Waals surface area contributed by atoms with E-state index in [4.69, 9.17) is 11.6 Å². The fourth-order valence-corrected chi connectivity index (χ4v) is 4.51. The molecule has 0 aliphatic carbocycles. The zero-order valence-electron chi connectivity index (χ0n) is 14.2. The SMILES string of the molecule is Cc1cc(S(=O)(=O)Nc2cccc(Cn3cc(Br)cn3)c2)c(C)cc1Cl. The van der Waals surface area contributed by atoms with Crippen LogP contribution in [0, 0.1) is 13.8 Å². The Bertz CT molecular complexity index is 1060. The summed E-state index contributed by atoms with van der Waals surface area (Å²) in [4.78, 5) is 0.223. The predicted octanol–water partition coefficient (Wildman–Crippen LogP) is 4.76. The average Bonchev–Trinajstić information content (AvgIpc) is 2.95. The summed E-state index contributed by atoms with van der Waals surface area (Å²) in [5, 5.41) is 4.76. The Morgan fingerprint density at radius 1 is 1.19 bits per heavy atom. The van der Waals surface area contributed by atoms with Gasteiger partial charge in [0.2, 0.25) is 0 Å². The predicted molar refractivity (Wildman–Crippen MR) is 107 cm³/mol. The van der Waals surface area contributed by atoms with Crippen LogP contribution in [0.1, 0.15) is 16.7 Å². The topological polar surface area (TPSA) is 64.0 Å². The highest BCUT2D eigenvalue weighted by molar-refractivity contribution is 9.10. The molecule has 3 aromatic rings. The molecule has 8 heteroatoms. The van der Waals surface area contributed by atoms with Crippen molar-refractivity contribution in [3.05, 3.63) is 75.0 Å². The third-order valence-corrected chi connectivity index (χ3v) is 6.21. The molecule has 0 aliphatic heterocycles. The van der Waals surface area contributed by atoms with Crippen molar-refractivity contribution in [3.8, 4) is 0 Å². The molecule has 1 N–H and O–H groups in total. The molecule has 0 unspecified atom stereocenters. The number of aromatic nitrogens is 2. The lowest BCUT2D eigenvalue weighted by molar-refractivity contribution is 0.600. The maximum absolute atomic E-state index is 12.8. The zero-order valence-corrected chi connectivity index (χ0v) is 17.4. The van der Waals surface area contributed by atoms with Gasteiger partial charge in [0.25, 0.3) is 10.0 Å². The summed E-state index contributed by atoms with van der Waals surface area (Å²) >= 11 is 9.43. The van der Waals surface area contributed by atoms with Gasteiger partial charge in [0.1, 0.15) is 0 Å². The molecule has 136 valence electrons. The Hall–Kier alpha value is -1.83. The molecule has 5 nitrogen and oxygen atoms in total. The van der Waals surface area contributed by atoms with Crippen LogP contribution in [0.5, 0.6) is 0 Å². The summed E-state index contributed by atoms with van der Waals surface area (Å²) in [6, 6.07) is 10.5. The van der Waals surface area contributed by atoms with E-state index in [1.54, 1.807) is 49.0 Å². The largest absolute Gasteiger partial charge is 0.280 e. The van der Waals surface area contributed by atoms with E-state index in [1.165, 1.54) is 0 Å². The summed E-state index contributed by atoms with van der Waals surface area (Å²) in [5.41, 5.74) is 2.76. The van der Waals surface area contributed by atoms with Crippen LogP contribution in [0.4, 0.5) is 5.69 Å². The number of sulfonamides is 1. The van der Waals surface area contributed by atoms with Crippen molar-refractivity contribution in [2.24, 2.45) is 0 Å². The van der Waals surface area contributed by atoms with Crippen molar-refractivity contribution in [2.45, 2.75) is 25.3 Å². The van der Waals surface area contributed by atoms with Crippen molar-refractivity contribution >= 4 is 43.2 Å². The number of hydrogen-bond donors (Lipinski definition) is 1. The molecule has 0 saturated heterocycles. The molecular weight excluding hydrogens is 438 g/mol. The van der Waals surface area contributed by atoms with Gasteiger partial charge in [-0.3, -0.25) is 9.40 Å². The number of hydrogen-bond acceptors (Lipinski definition) is 3. The Morgan fingerprint density at radius 3 is 2.65 bits per heavy atom. The summed E-state index contributed by atoms with van der Waals surface area (Å²) < 4.78 is 30.9. The fourth-order valence-electron chi connectivity index (χ4n) is 2.60. The molecule has 3 rings (SSSR count). The Morgan fingerprint density at radius 2 is 1.96 bits per heavy atom. The molecule has 2 aromatic carbocycles. The van der Waals surface area contributed by atoms with Gasteiger partial charge in [-0.05, 0) is 70.7 Å². The van der Waals surface area contributed by atoms with Crippen LogP contribution in [0.2, 0.25) is 5.02 Å². The van der Waals surface area contributed by atoms with E-state index in [0.717, 1.165) is 15.6 Å². The third-order valence-electron chi connectivity index (χ3n) is 3.87. The standard InChI is InChI=1S/C18H17BrClN3O2S/c1-12-7-18(13(2)6-17(12)20)26(24,25)22-16-5-3-4-14(8-16)10-23-11-15(19)9-21-23/h3-9,11,22H,10H2,1-2H3. The van der Waals surface area contributed by atoms with Crippen LogP contribution in [-0.2, 0) is 16.6 Å². The number of nitrogens with zero attached hydrogens (tertiary/aromatic N) is 2. The third kappa shape index (κ3) is 4.28. The van der Waals surface area contributed by atoms with Crippen molar-refractivity contribution in [3.63, 3.8) is 0 Å². The van der Waals surface area contributed by atoms with Gasteiger partial charge in [-0.15, -0.1) is 0 Å². The molecule has 0 radical (unpaired) electrons. The number of anilines is 1. The van der Waals surface area contributed by atoms with Gasteiger partial charge in [0.05, 0.1) is 22.1 Å². The van der Waals surface area contributed by atoms with E-state index in [2.05, 4.69) is 25.8 Å². The smallest absolute Gasteiger partial charge is 0.262 e. The minimum atomic E-state index is -3.71. The van der Waals surface area contributed by atoms with Crippen LogP contribution in [0.3, 0.4) is 0 Å². The molecule has 0 amide bonds. The van der Waals surface area contributed by atoms with Crippen LogP contribution in [0.15, 0.2) is 58.2 Å². The first kappa shape index (κ1) is 18.9. The Labute approximate surface area is 166 Å². The molecule has 1 aromatic heterocycles. The monoisotopic (exact) mass is 453 g/mol. The van der Waals surface area contributed by atoms with Crippen molar-refractivity contribution < 1.29 is 8.42 Å². The molecule has 26 heavy (non-hydrogen) atoms. The summed E-state index contributed by atoms with van der Waals surface area (Å²) in [6.07, 6.45) is 3.56. The molecule has 0 fully saturated rings. The molecule has 0 aliphatic rings. The lowest BCUT2D eigenvalue weighted by atomic mass is 10.2. The first-order chi connectivity index (χ1) is 12.2. The number of benzene rings is 2. The summed E-state index contributed by atoms with van der Waals surface area (Å²) in [7, 11) is -3.71. The van der Waals surface area contributed by atoms with Gasteiger partial charge in [0.15, 0.2) is 0 Å². The molecule has 1 heterocycles. The molecule has 0 bridgehead atoms. The fraction of sp³-hybridized carbons (Fsp3) is 0.167. The first-order valence-corrected chi connectivity index (χ1v) is 10.5. The van der Waals surface area contributed by atoms with Gasteiger partial charge < -0.3 is 0 Å². The van der Waals surface area contributed by atoms with E-state index in [1.807, 2.05) is 18.3 Å². The van der Waals surface area contributed by atoms with E-state index in [-0.39, 0.29) is 4.90 Å². The maximum Gasteiger partial charge on any atom is 0.262 e. The number of nitrogens with one attached hydrogen (secondary N) is 1. The Kier molecular flexibility index (Phi) is 5.41. The summed E-state index contributed by atoms with van der Waals surface area (Å²) in [5.74, 6) is 0. The average molecular weight is 455 g/mol. The number of aryl methyl sites for hydroxylation is 2. The van der Waals surface area contributed by atoms with E-state index < -0.39 is 10.0 Å². The molecule has 0 saturated carbocycles. The summed E-state index contributed by atoms with van der Waals surface area (Å²) in [6.45, 7) is 4.05.